The zero-order chi connectivity index (χ0) is 23.7. The van der Waals surface area contributed by atoms with Gasteiger partial charge in [-0.15, -0.1) is 0 Å². The van der Waals surface area contributed by atoms with Gasteiger partial charge in [-0.1, -0.05) is 36.4 Å². The van der Waals surface area contributed by atoms with Crippen LogP contribution in [0.25, 0.3) is 5.57 Å². The van der Waals surface area contributed by atoms with Crippen LogP contribution in [0.2, 0.25) is 0 Å². The van der Waals surface area contributed by atoms with Gasteiger partial charge in [0, 0.05) is 11.8 Å². The lowest BCUT2D eigenvalue weighted by Gasteiger charge is -2.19. The molecule has 0 saturated heterocycles. The summed E-state index contributed by atoms with van der Waals surface area (Å²) < 4.78 is 5.60. The Labute approximate surface area is 194 Å². The van der Waals surface area contributed by atoms with Crippen LogP contribution in [0.4, 0.5) is 11.4 Å². The first-order valence-corrected chi connectivity index (χ1v) is 11.1. The van der Waals surface area contributed by atoms with Crippen molar-refractivity contribution in [3.63, 3.8) is 0 Å². The van der Waals surface area contributed by atoms with Crippen molar-refractivity contribution < 1.29 is 14.3 Å². The van der Waals surface area contributed by atoms with Gasteiger partial charge in [0.15, 0.2) is 0 Å². The normalized spacial score (nSPS) is 13.7. The lowest BCUT2D eigenvalue weighted by Crippen LogP contribution is -2.33. The number of carbonyl (C=O) groups excluding carboxylic acids is 2. The van der Waals surface area contributed by atoms with Gasteiger partial charge in [-0.3, -0.25) is 9.59 Å². The van der Waals surface area contributed by atoms with Crippen LogP contribution in [0.15, 0.2) is 66.4 Å². The van der Waals surface area contributed by atoms with Gasteiger partial charge in [-0.05, 0) is 80.6 Å². The van der Waals surface area contributed by atoms with E-state index in [0.29, 0.717) is 34.9 Å². The van der Waals surface area contributed by atoms with Crippen molar-refractivity contribution in [2.24, 2.45) is 0 Å². The second-order valence-corrected chi connectivity index (χ2v) is 8.30. The number of hydrogen-bond donors (Lipinski definition) is 1. The molecule has 1 N–H and O–H groups in total. The minimum atomic E-state index is -0.372. The average Bonchev–Trinajstić information content (AvgIpc) is 3.02. The molecular weight excluding hydrogens is 412 g/mol. The van der Waals surface area contributed by atoms with Crippen LogP contribution in [0.3, 0.4) is 0 Å². The highest BCUT2D eigenvalue weighted by Crippen LogP contribution is 2.36. The van der Waals surface area contributed by atoms with Gasteiger partial charge in [-0.2, -0.15) is 0 Å². The Morgan fingerprint density at radius 1 is 0.818 bits per heavy atom. The van der Waals surface area contributed by atoms with E-state index in [9.17, 15) is 9.59 Å². The quantitative estimate of drug-likeness (QED) is 0.499. The number of ether oxygens (including phenoxy) is 1. The summed E-state index contributed by atoms with van der Waals surface area (Å²) in [4.78, 5) is 28.7. The molecule has 4 rings (SSSR count). The second kappa shape index (κ2) is 8.94. The number of nitrogens with one attached hydrogen (secondary N) is 1. The van der Waals surface area contributed by atoms with Crippen LogP contribution in [-0.4, -0.2) is 18.4 Å². The molecule has 0 aliphatic carbocycles. The summed E-state index contributed by atoms with van der Waals surface area (Å²) in [7, 11) is 0. The molecule has 1 aliphatic rings. The Balaban J connectivity index is 1.85. The molecular formula is C28H28N2O3. The van der Waals surface area contributed by atoms with E-state index in [1.807, 2.05) is 95.3 Å². The van der Waals surface area contributed by atoms with E-state index in [1.54, 1.807) is 0 Å². The fourth-order valence-corrected chi connectivity index (χ4v) is 3.98. The molecule has 0 fully saturated rings. The van der Waals surface area contributed by atoms with Crippen molar-refractivity contribution in [3.05, 3.63) is 94.2 Å². The monoisotopic (exact) mass is 440 g/mol. The summed E-state index contributed by atoms with van der Waals surface area (Å²) in [6.07, 6.45) is 0. The molecule has 33 heavy (non-hydrogen) atoms. The van der Waals surface area contributed by atoms with E-state index in [-0.39, 0.29) is 17.5 Å². The maximum absolute atomic E-state index is 13.7. The predicted octanol–water partition coefficient (Wildman–Crippen LogP) is 5.72. The van der Waals surface area contributed by atoms with Gasteiger partial charge in [0.2, 0.25) is 0 Å². The van der Waals surface area contributed by atoms with Gasteiger partial charge in [0.05, 0.1) is 17.9 Å². The molecule has 5 heteroatoms. The van der Waals surface area contributed by atoms with Crippen molar-refractivity contribution in [1.82, 2.24) is 0 Å². The summed E-state index contributed by atoms with van der Waals surface area (Å²) in [6.45, 7) is 10.4. The average molecular weight is 441 g/mol. The van der Waals surface area contributed by atoms with E-state index >= 15 is 0 Å². The number of carbonyl (C=O) groups is 2. The number of benzene rings is 3. The molecule has 0 unspecified atom stereocenters. The summed E-state index contributed by atoms with van der Waals surface area (Å²) >= 11 is 0. The molecule has 0 radical (unpaired) electrons. The molecule has 3 aromatic carbocycles. The number of imide groups is 1. The molecule has 5 nitrogen and oxygen atoms in total. The molecule has 0 atom stereocenters. The summed E-state index contributed by atoms with van der Waals surface area (Å²) in [5, 5.41) is 3.22. The summed E-state index contributed by atoms with van der Waals surface area (Å²) in [6, 6.07) is 18.9. The molecule has 0 saturated carbocycles. The first kappa shape index (κ1) is 22.3. The maximum atomic E-state index is 13.7. The summed E-state index contributed by atoms with van der Waals surface area (Å²) in [5.41, 5.74) is 6.73. The van der Waals surface area contributed by atoms with Crippen LogP contribution in [0.1, 0.15) is 34.7 Å². The number of nitrogens with zero attached hydrogens (tertiary/aromatic N) is 1. The molecule has 0 spiro atoms. The van der Waals surface area contributed by atoms with Gasteiger partial charge in [0.25, 0.3) is 11.8 Å². The van der Waals surface area contributed by atoms with Crippen molar-refractivity contribution in [1.29, 1.82) is 0 Å². The van der Waals surface area contributed by atoms with Crippen LogP contribution in [-0.2, 0) is 9.59 Å². The molecule has 168 valence electrons. The highest BCUT2D eigenvalue weighted by Gasteiger charge is 2.41. The second-order valence-electron chi connectivity index (χ2n) is 8.30. The Kier molecular flexibility index (Phi) is 6.05. The van der Waals surface area contributed by atoms with Crippen molar-refractivity contribution in [3.8, 4) is 5.75 Å². The third-order valence-electron chi connectivity index (χ3n) is 6.11. The van der Waals surface area contributed by atoms with Crippen LogP contribution >= 0.6 is 0 Å². The smallest absolute Gasteiger partial charge is 0.282 e. The van der Waals surface area contributed by atoms with Gasteiger partial charge < -0.3 is 10.1 Å². The van der Waals surface area contributed by atoms with Crippen molar-refractivity contribution in [2.75, 3.05) is 16.8 Å². The van der Waals surface area contributed by atoms with Crippen LogP contribution in [0.5, 0.6) is 5.75 Å². The zero-order valence-corrected chi connectivity index (χ0v) is 19.7. The number of rotatable bonds is 6. The van der Waals surface area contributed by atoms with E-state index < -0.39 is 0 Å². The fraction of sp³-hybridized carbons (Fsp3) is 0.214. The molecule has 3 aromatic rings. The molecule has 2 amide bonds. The zero-order valence-electron chi connectivity index (χ0n) is 19.7. The predicted molar refractivity (Wildman–Crippen MR) is 132 cm³/mol. The Bertz CT molecular complexity index is 1290. The Hall–Kier alpha value is -3.86. The van der Waals surface area contributed by atoms with Crippen molar-refractivity contribution in [2.45, 2.75) is 34.6 Å². The Morgan fingerprint density at radius 3 is 2.30 bits per heavy atom. The standard InChI is InChI=1S/C28H28N2O3/c1-6-33-23-11-8-10-22(16-23)29-26-25(21-14-13-17(2)19(4)15-21)27(31)30(28(26)32)24-12-7-9-18(3)20(24)5/h7-16,29H,6H2,1-5H3. The fourth-order valence-electron chi connectivity index (χ4n) is 3.98. The molecule has 1 aliphatic heterocycles. The highest BCUT2D eigenvalue weighted by atomic mass is 16.5. The summed E-state index contributed by atoms with van der Waals surface area (Å²) in [5.74, 6) is -0.0110. The number of hydrogen-bond acceptors (Lipinski definition) is 4. The largest absolute Gasteiger partial charge is 0.494 e. The van der Waals surface area contributed by atoms with Gasteiger partial charge in [-0.25, -0.2) is 4.90 Å². The number of amides is 2. The third-order valence-corrected chi connectivity index (χ3v) is 6.11. The van der Waals surface area contributed by atoms with Crippen molar-refractivity contribution >= 4 is 28.8 Å². The van der Waals surface area contributed by atoms with Gasteiger partial charge >= 0.3 is 0 Å². The SMILES string of the molecule is CCOc1cccc(NC2=C(c3ccc(C)c(C)c3)C(=O)N(c3cccc(C)c3C)C2=O)c1. The minimum Gasteiger partial charge on any atom is -0.494 e. The Morgan fingerprint density at radius 2 is 1.58 bits per heavy atom. The van der Waals surface area contributed by atoms with Gasteiger partial charge in [0.1, 0.15) is 11.4 Å². The highest BCUT2D eigenvalue weighted by molar-refractivity contribution is 6.46. The topological polar surface area (TPSA) is 58.6 Å². The number of aryl methyl sites for hydroxylation is 3. The first-order chi connectivity index (χ1) is 15.8. The van der Waals surface area contributed by atoms with E-state index in [0.717, 1.165) is 22.3 Å². The third kappa shape index (κ3) is 4.14. The van der Waals surface area contributed by atoms with Crippen LogP contribution < -0.4 is 15.0 Å². The van der Waals surface area contributed by atoms with E-state index in [4.69, 9.17) is 4.74 Å². The molecule has 0 bridgehead atoms. The maximum Gasteiger partial charge on any atom is 0.282 e. The lowest BCUT2D eigenvalue weighted by molar-refractivity contribution is -0.120. The van der Waals surface area contributed by atoms with E-state index in [2.05, 4.69) is 5.32 Å². The number of anilines is 2. The molecule has 0 aromatic heterocycles. The lowest BCUT2D eigenvalue weighted by atomic mass is 9.99. The minimum absolute atomic E-state index is 0.262. The molecule has 1 heterocycles. The van der Waals surface area contributed by atoms with E-state index in [1.165, 1.54) is 4.90 Å². The van der Waals surface area contributed by atoms with Crippen LogP contribution in [0, 0.1) is 27.7 Å². The first-order valence-electron chi connectivity index (χ1n) is 11.1.